The largest absolute Gasteiger partial charge is 0.619 e. The molecule has 0 radical (unpaired) electrons. The van der Waals surface area contributed by atoms with Crippen LogP contribution in [0.2, 0.25) is 10.0 Å². The molecule has 2 bridgehead atoms. The number of aromatic nitrogens is 1. The number of carbonyl (C=O) groups excluding carboxylic acids is 1. The highest BCUT2D eigenvalue weighted by atomic mass is 35.5. The van der Waals surface area contributed by atoms with Crippen LogP contribution < -0.4 is 19.1 Å². The first-order valence-electron chi connectivity index (χ1n) is 16.5. The van der Waals surface area contributed by atoms with Crippen molar-refractivity contribution in [3.63, 3.8) is 0 Å². The molecule has 3 aromatic carbocycles. The zero-order valence-electron chi connectivity index (χ0n) is 28.1. The van der Waals surface area contributed by atoms with Gasteiger partial charge in [0.1, 0.15) is 16.1 Å². The van der Waals surface area contributed by atoms with Gasteiger partial charge < -0.3 is 24.5 Å². The molecule has 12 heteroatoms. The molecule has 1 amide bonds. The molecular formula is C38H39Cl2N3O7. The number of benzene rings is 3. The summed E-state index contributed by atoms with van der Waals surface area (Å²) in [6.45, 7) is 4.83. The second-order valence-electron chi connectivity index (χ2n) is 12.8. The van der Waals surface area contributed by atoms with Gasteiger partial charge in [0.15, 0.2) is 23.9 Å². The van der Waals surface area contributed by atoms with Crippen molar-refractivity contribution in [2.45, 2.75) is 44.8 Å². The van der Waals surface area contributed by atoms with Crippen LogP contribution in [0.15, 0.2) is 73.1 Å². The van der Waals surface area contributed by atoms with E-state index in [1.165, 1.54) is 26.6 Å². The summed E-state index contributed by atoms with van der Waals surface area (Å²) in [5, 5.41) is 22.8. The third kappa shape index (κ3) is 7.47. The number of carboxylic acids is 1. The van der Waals surface area contributed by atoms with E-state index in [4.69, 9.17) is 37.4 Å². The lowest BCUT2D eigenvalue weighted by molar-refractivity contribution is -0.605. The van der Waals surface area contributed by atoms with Crippen LogP contribution in [0.5, 0.6) is 11.5 Å². The van der Waals surface area contributed by atoms with Crippen LogP contribution in [0.1, 0.15) is 56.9 Å². The molecule has 3 aliphatic heterocycles. The van der Waals surface area contributed by atoms with Crippen molar-refractivity contribution in [1.82, 2.24) is 4.90 Å². The van der Waals surface area contributed by atoms with Gasteiger partial charge in [-0.2, -0.15) is 4.73 Å². The standard InChI is InChI=1S/C38H39Cl2N3O7/c1-23-6-4-5-7-33(23)43(38(46)50-36-22-41-14-12-25(36)13-15-41)19-24-8-10-27(37(44)45)29(16-24)28(18-30-31(39)20-42(47)21-32(30)40)26-9-11-34(48-2)35(17-26)49-3/h4-11,16-17,20-21,25,28,36H,12-15,18-19,22H2,1-3H3,(H,44,45)/t28-,36-/m0/s1. The lowest BCUT2D eigenvalue weighted by Crippen LogP contribution is -2.53. The second kappa shape index (κ2) is 15.2. The van der Waals surface area contributed by atoms with E-state index in [1.54, 1.807) is 35.2 Å². The Labute approximate surface area is 301 Å². The zero-order valence-corrected chi connectivity index (χ0v) is 29.6. The molecule has 0 aliphatic carbocycles. The molecule has 0 spiro atoms. The van der Waals surface area contributed by atoms with E-state index in [-0.39, 0.29) is 34.7 Å². The van der Waals surface area contributed by atoms with Gasteiger partial charge in [-0.05, 0) is 91.7 Å². The number of para-hydroxylation sites is 1. The lowest BCUT2D eigenvalue weighted by atomic mass is 9.82. The van der Waals surface area contributed by atoms with Crippen LogP contribution in [-0.4, -0.2) is 62.0 Å². The second-order valence-corrected chi connectivity index (χ2v) is 13.6. The van der Waals surface area contributed by atoms with Crippen molar-refractivity contribution in [1.29, 1.82) is 0 Å². The van der Waals surface area contributed by atoms with E-state index in [0.717, 1.165) is 38.0 Å². The molecular weight excluding hydrogens is 681 g/mol. The normalized spacial score (nSPS) is 18.7. The fourth-order valence-corrected chi connectivity index (χ4v) is 7.73. The first-order chi connectivity index (χ1) is 24.1. The molecule has 50 heavy (non-hydrogen) atoms. The molecule has 0 saturated carbocycles. The highest BCUT2D eigenvalue weighted by molar-refractivity contribution is 6.35. The van der Waals surface area contributed by atoms with Crippen molar-refractivity contribution >= 4 is 41.0 Å². The number of halogens is 2. The van der Waals surface area contributed by atoms with Gasteiger partial charge in [0, 0.05) is 18.0 Å². The van der Waals surface area contributed by atoms with Crippen LogP contribution in [0.4, 0.5) is 10.5 Å². The van der Waals surface area contributed by atoms with Gasteiger partial charge in [-0.3, -0.25) is 9.80 Å². The first-order valence-corrected chi connectivity index (χ1v) is 17.2. The predicted octanol–water partition coefficient (Wildman–Crippen LogP) is 7.26. The molecule has 7 rings (SSSR count). The average Bonchev–Trinajstić information content (AvgIpc) is 3.10. The molecule has 0 unspecified atom stereocenters. The Hall–Kier alpha value is -4.51. The summed E-state index contributed by atoms with van der Waals surface area (Å²) in [5.41, 5.74) is 3.99. The number of hydrogen-bond acceptors (Lipinski definition) is 7. The van der Waals surface area contributed by atoms with E-state index >= 15 is 0 Å². The fourth-order valence-electron chi connectivity index (χ4n) is 7.13. The SMILES string of the molecule is COc1ccc([C@H](Cc2c(Cl)c[n+]([O-])cc2Cl)c2cc(CN(C(=O)O[C@H]3CN4CCC3CC4)c3ccccc3C)ccc2C(=O)O)cc1OC. The van der Waals surface area contributed by atoms with Crippen LogP contribution >= 0.6 is 23.2 Å². The summed E-state index contributed by atoms with van der Waals surface area (Å²) in [6.07, 6.45) is 3.94. The number of fused-ring (bicyclic) bond motifs is 3. The lowest BCUT2D eigenvalue weighted by Gasteiger charge is -2.44. The molecule has 4 heterocycles. The van der Waals surface area contributed by atoms with Crippen molar-refractivity contribution in [3.8, 4) is 11.5 Å². The number of methoxy groups -OCH3 is 2. The molecule has 4 aromatic rings. The summed E-state index contributed by atoms with van der Waals surface area (Å²) in [7, 11) is 3.05. The summed E-state index contributed by atoms with van der Waals surface area (Å²) >= 11 is 13.1. The third-order valence-corrected chi connectivity index (χ3v) is 10.5. The van der Waals surface area contributed by atoms with Crippen molar-refractivity contribution in [3.05, 3.63) is 122 Å². The number of anilines is 1. The molecule has 1 aromatic heterocycles. The Morgan fingerprint density at radius 3 is 2.32 bits per heavy atom. The monoisotopic (exact) mass is 719 g/mol. The van der Waals surface area contributed by atoms with Gasteiger partial charge in [0.2, 0.25) is 0 Å². The molecule has 1 N–H and O–H groups in total. The minimum Gasteiger partial charge on any atom is -0.619 e. The van der Waals surface area contributed by atoms with Gasteiger partial charge in [0.05, 0.1) is 32.0 Å². The molecule has 3 fully saturated rings. The fraction of sp³-hybridized carbons (Fsp3) is 0.342. The number of nitrogens with zero attached hydrogens (tertiary/aromatic N) is 3. The first kappa shape index (κ1) is 35.3. The number of piperidine rings is 3. The molecule has 3 saturated heterocycles. The van der Waals surface area contributed by atoms with E-state index < -0.39 is 18.0 Å². The number of rotatable bonds is 11. The van der Waals surface area contributed by atoms with E-state index in [2.05, 4.69) is 4.90 Å². The summed E-state index contributed by atoms with van der Waals surface area (Å²) in [5.74, 6) is -0.465. The number of carboxylic acid groups (broad SMARTS) is 1. The van der Waals surface area contributed by atoms with E-state index in [0.29, 0.717) is 50.1 Å². The highest BCUT2D eigenvalue weighted by Crippen LogP contribution is 2.40. The molecule has 10 nitrogen and oxygen atoms in total. The number of ether oxygens (including phenoxy) is 3. The van der Waals surface area contributed by atoms with E-state index in [1.807, 2.05) is 37.3 Å². The summed E-state index contributed by atoms with van der Waals surface area (Å²) in [6, 6.07) is 18.0. The topological polar surface area (TPSA) is 115 Å². The number of carbonyl (C=O) groups is 2. The van der Waals surface area contributed by atoms with Crippen LogP contribution in [0.3, 0.4) is 0 Å². The number of hydrogen-bond donors (Lipinski definition) is 1. The zero-order chi connectivity index (χ0) is 35.5. The average molecular weight is 721 g/mol. The van der Waals surface area contributed by atoms with Crippen molar-refractivity contribution < 1.29 is 33.6 Å². The van der Waals surface area contributed by atoms with Gasteiger partial charge in [-0.1, -0.05) is 59.6 Å². The smallest absolute Gasteiger partial charge is 0.414 e. The maximum atomic E-state index is 14.0. The predicted molar refractivity (Wildman–Crippen MR) is 191 cm³/mol. The maximum absolute atomic E-state index is 14.0. The van der Waals surface area contributed by atoms with Crippen molar-refractivity contribution in [2.24, 2.45) is 5.92 Å². The Morgan fingerprint density at radius 2 is 1.70 bits per heavy atom. The Morgan fingerprint density at radius 1 is 1.00 bits per heavy atom. The van der Waals surface area contributed by atoms with Crippen LogP contribution in [0, 0.1) is 18.0 Å². The Kier molecular flexibility index (Phi) is 10.7. The quantitative estimate of drug-likeness (QED) is 0.127. The maximum Gasteiger partial charge on any atom is 0.414 e. The highest BCUT2D eigenvalue weighted by Gasteiger charge is 2.38. The summed E-state index contributed by atoms with van der Waals surface area (Å²) < 4.78 is 17.8. The number of aryl methyl sites for hydroxylation is 1. The minimum atomic E-state index is -1.13. The van der Waals surface area contributed by atoms with E-state index in [9.17, 15) is 19.9 Å². The number of amides is 1. The summed E-state index contributed by atoms with van der Waals surface area (Å²) in [4.78, 5) is 30.8. The third-order valence-electron chi connectivity index (χ3n) is 9.81. The van der Waals surface area contributed by atoms with Gasteiger partial charge in [-0.15, -0.1) is 0 Å². The Bertz CT molecular complexity index is 1870. The van der Waals surface area contributed by atoms with Gasteiger partial charge in [-0.25, -0.2) is 9.59 Å². The van der Waals surface area contributed by atoms with Crippen molar-refractivity contribution in [2.75, 3.05) is 38.8 Å². The minimum absolute atomic E-state index is 0.0629. The molecule has 262 valence electrons. The number of pyridine rings is 1. The Balaban J connectivity index is 1.43. The number of aromatic carboxylic acids is 1. The van der Waals surface area contributed by atoms with Crippen LogP contribution in [0.25, 0.3) is 0 Å². The van der Waals surface area contributed by atoms with Crippen LogP contribution in [-0.2, 0) is 17.7 Å². The molecule has 2 atom stereocenters. The van der Waals surface area contributed by atoms with Gasteiger partial charge >= 0.3 is 12.1 Å². The molecule has 3 aliphatic rings. The van der Waals surface area contributed by atoms with Gasteiger partial charge in [0.25, 0.3) is 0 Å².